The van der Waals surface area contributed by atoms with Crippen LogP contribution in [0.3, 0.4) is 0 Å². The van der Waals surface area contributed by atoms with E-state index >= 15 is 0 Å². The Morgan fingerprint density at radius 1 is 1.25 bits per heavy atom. The molecule has 0 spiro atoms. The highest BCUT2D eigenvalue weighted by atomic mass is 19.1. The van der Waals surface area contributed by atoms with Crippen LogP contribution < -0.4 is 5.32 Å². The van der Waals surface area contributed by atoms with E-state index in [4.69, 9.17) is 0 Å². The zero-order valence-electron chi connectivity index (χ0n) is 11.5. The first-order valence-corrected chi connectivity index (χ1v) is 6.57. The van der Waals surface area contributed by atoms with Gasteiger partial charge in [0, 0.05) is 12.3 Å². The molecule has 0 fully saturated rings. The highest BCUT2D eigenvalue weighted by Crippen LogP contribution is 2.19. The van der Waals surface area contributed by atoms with E-state index in [9.17, 15) is 8.78 Å². The molecule has 5 heteroatoms. The zero-order chi connectivity index (χ0) is 14.5. The molecular formula is C15H17F2N3. The third-order valence-corrected chi connectivity index (χ3v) is 3.04. The van der Waals surface area contributed by atoms with Crippen molar-refractivity contribution in [1.29, 1.82) is 0 Å². The topological polar surface area (TPSA) is 37.8 Å². The van der Waals surface area contributed by atoms with Crippen LogP contribution in [0.1, 0.15) is 30.0 Å². The number of aryl methyl sites for hydroxylation is 1. The van der Waals surface area contributed by atoms with Gasteiger partial charge in [0.15, 0.2) is 0 Å². The minimum Gasteiger partial charge on any atom is -0.309 e. The van der Waals surface area contributed by atoms with Gasteiger partial charge in [-0.25, -0.2) is 18.7 Å². The molecule has 0 radical (unpaired) electrons. The summed E-state index contributed by atoms with van der Waals surface area (Å²) >= 11 is 0. The van der Waals surface area contributed by atoms with Crippen molar-refractivity contribution in [3.05, 3.63) is 59.2 Å². The summed E-state index contributed by atoms with van der Waals surface area (Å²) in [6.45, 7) is 4.52. The molecule has 0 saturated heterocycles. The van der Waals surface area contributed by atoms with Crippen LogP contribution in [0.15, 0.2) is 30.5 Å². The number of likely N-dealkylation sites (N-methyl/N-ethyl adjacent to an activating group) is 1. The van der Waals surface area contributed by atoms with Crippen LogP contribution >= 0.6 is 0 Å². The van der Waals surface area contributed by atoms with E-state index in [1.807, 2.05) is 19.9 Å². The summed E-state index contributed by atoms with van der Waals surface area (Å²) in [5.74, 6) is -0.423. The molecule has 2 rings (SSSR count). The molecule has 0 aliphatic rings. The van der Waals surface area contributed by atoms with Gasteiger partial charge in [0.2, 0.25) is 0 Å². The summed E-state index contributed by atoms with van der Waals surface area (Å²) in [7, 11) is 0. The van der Waals surface area contributed by atoms with Crippen molar-refractivity contribution in [2.24, 2.45) is 0 Å². The molecular weight excluding hydrogens is 260 g/mol. The molecule has 106 valence electrons. The van der Waals surface area contributed by atoms with E-state index in [1.54, 1.807) is 6.20 Å². The lowest BCUT2D eigenvalue weighted by molar-refractivity contribution is 0.510. The SMILES string of the molecule is CCNC(Cc1ccc(F)cc1F)c1ccnc(C)n1. The van der Waals surface area contributed by atoms with Gasteiger partial charge in [-0.3, -0.25) is 0 Å². The fourth-order valence-corrected chi connectivity index (χ4v) is 2.10. The van der Waals surface area contributed by atoms with Crippen molar-refractivity contribution in [1.82, 2.24) is 15.3 Å². The largest absolute Gasteiger partial charge is 0.309 e. The van der Waals surface area contributed by atoms with Gasteiger partial charge in [-0.05, 0) is 37.6 Å². The van der Waals surface area contributed by atoms with Gasteiger partial charge >= 0.3 is 0 Å². The van der Waals surface area contributed by atoms with Gasteiger partial charge in [-0.15, -0.1) is 0 Å². The average molecular weight is 277 g/mol. The van der Waals surface area contributed by atoms with Crippen molar-refractivity contribution in [2.75, 3.05) is 6.54 Å². The molecule has 1 aromatic carbocycles. The number of hydrogen-bond acceptors (Lipinski definition) is 3. The molecule has 3 nitrogen and oxygen atoms in total. The minimum atomic E-state index is -0.566. The monoisotopic (exact) mass is 277 g/mol. The lowest BCUT2D eigenvalue weighted by Gasteiger charge is -2.18. The van der Waals surface area contributed by atoms with E-state index in [2.05, 4.69) is 15.3 Å². The predicted molar refractivity (Wildman–Crippen MR) is 73.2 cm³/mol. The predicted octanol–water partition coefficient (Wildman–Crippen LogP) is 2.96. The second-order valence-corrected chi connectivity index (χ2v) is 4.58. The van der Waals surface area contributed by atoms with Gasteiger partial charge in [-0.2, -0.15) is 0 Å². The maximum Gasteiger partial charge on any atom is 0.129 e. The number of benzene rings is 1. The van der Waals surface area contributed by atoms with Crippen molar-refractivity contribution < 1.29 is 8.78 Å². The van der Waals surface area contributed by atoms with Crippen LogP contribution in [0.25, 0.3) is 0 Å². The summed E-state index contributed by atoms with van der Waals surface area (Å²) in [4.78, 5) is 8.42. The first-order valence-electron chi connectivity index (χ1n) is 6.57. The second-order valence-electron chi connectivity index (χ2n) is 4.58. The molecule has 1 heterocycles. The van der Waals surface area contributed by atoms with Crippen LogP contribution in [-0.4, -0.2) is 16.5 Å². The lowest BCUT2D eigenvalue weighted by Crippen LogP contribution is -2.24. The molecule has 0 aliphatic heterocycles. The highest BCUT2D eigenvalue weighted by molar-refractivity contribution is 5.22. The number of aromatic nitrogens is 2. The Balaban J connectivity index is 2.25. The summed E-state index contributed by atoms with van der Waals surface area (Å²) in [6.07, 6.45) is 2.10. The summed E-state index contributed by atoms with van der Waals surface area (Å²) < 4.78 is 26.7. The number of nitrogens with one attached hydrogen (secondary N) is 1. The zero-order valence-corrected chi connectivity index (χ0v) is 11.5. The Morgan fingerprint density at radius 2 is 2.05 bits per heavy atom. The quantitative estimate of drug-likeness (QED) is 0.913. The Kier molecular flexibility index (Phi) is 4.74. The van der Waals surface area contributed by atoms with Crippen LogP contribution in [0.5, 0.6) is 0 Å². The maximum absolute atomic E-state index is 13.7. The van der Waals surface area contributed by atoms with Crippen LogP contribution in [-0.2, 0) is 6.42 Å². The summed E-state index contributed by atoms with van der Waals surface area (Å²) in [6, 6.07) is 5.34. The van der Waals surface area contributed by atoms with Crippen molar-refractivity contribution in [3.8, 4) is 0 Å². The third kappa shape index (κ3) is 3.57. The van der Waals surface area contributed by atoms with Crippen molar-refractivity contribution in [3.63, 3.8) is 0 Å². The summed E-state index contributed by atoms with van der Waals surface area (Å²) in [5.41, 5.74) is 1.27. The van der Waals surface area contributed by atoms with E-state index in [0.717, 1.165) is 18.3 Å². The second kappa shape index (κ2) is 6.52. The normalized spacial score (nSPS) is 12.4. The van der Waals surface area contributed by atoms with Gasteiger partial charge in [0.1, 0.15) is 17.5 Å². The molecule has 1 N–H and O–H groups in total. The Hall–Kier alpha value is -1.88. The fourth-order valence-electron chi connectivity index (χ4n) is 2.10. The molecule has 1 aromatic heterocycles. The maximum atomic E-state index is 13.7. The number of halogens is 2. The van der Waals surface area contributed by atoms with Gasteiger partial charge in [0.05, 0.1) is 11.7 Å². The Bertz CT molecular complexity index is 587. The van der Waals surface area contributed by atoms with Crippen molar-refractivity contribution in [2.45, 2.75) is 26.3 Å². The average Bonchev–Trinajstić information content (AvgIpc) is 2.41. The van der Waals surface area contributed by atoms with E-state index in [1.165, 1.54) is 12.1 Å². The fraction of sp³-hybridized carbons (Fsp3) is 0.333. The Labute approximate surface area is 117 Å². The number of rotatable bonds is 5. The van der Waals surface area contributed by atoms with E-state index in [0.29, 0.717) is 17.8 Å². The molecule has 0 saturated carbocycles. The standard InChI is InChI=1S/C15H17F2N3/c1-3-18-15(14-6-7-19-10(2)20-14)8-11-4-5-12(16)9-13(11)17/h4-7,9,15,18H,3,8H2,1-2H3. The van der Waals surface area contributed by atoms with Gasteiger partial charge in [0.25, 0.3) is 0 Å². The molecule has 0 aliphatic carbocycles. The third-order valence-electron chi connectivity index (χ3n) is 3.04. The smallest absolute Gasteiger partial charge is 0.129 e. The van der Waals surface area contributed by atoms with E-state index in [-0.39, 0.29) is 6.04 Å². The molecule has 0 bridgehead atoms. The molecule has 2 aromatic rings. The lowest BCUT2D eigenvalue weighted by atomic mass is 10.0. The molecule has 0 amide bonds. The first-order chi connectivity index (χ1) is 9.60. The minimum absolute atomic E-state index is 0.123. The number of hydrogen-bond donors (Lipinski definition) is 1. The van der Waals surface area contributed by atoms with E-state index < -0.39 is 11.6 Å². The van der Waals surface area contributed by atoms with Gasteiger partial charge in [-0.1, -0.05) is 13.0 Å². The number of nitrogens with zero attached hydrogens (tertiary/aromatic N) is 2. The highest BCUT2D eigenvalue weighted by Gasteiger charge is 2.15. The van der Waals surface area contributed by atoms with Gasteiger partial charge < -0.3 is 5.32 Å². The molecule has 1 atom stereocenters. The van der Waals surface area contributed by atoms with Crippen LogP contribution in [0.4, 0.5) is 8.78 Å². The van der Waals surface area contributed by atoms with Crippen LogP contribution in [0, 0.1) is 18.6 Å². The molecule has 20 heavy (non-hydrogen) atoms. The van der Waals surface area contributed by atoms with Crippen LogP contribution in [0.2, 0.25) is 0 Å². The molecule has 1 unspecified atom stereocenters. The first kappa shape index (κ1) is 14.5. The van der Waals surface area contributed by atoms with Crippen molar-refractivity contribution >= 4 is 0 Å². The summed E-state index contributed by atoms with van der Waals surface area (Å²) in [5, 5.41) is 3.27. The Morgan fingerprint density at radius 3 is 2.70 bits per heavy atom.